The maximum atomic E-state index is 12.2. The van der Waals surface area contributed by atoms with Crippen molar-refractivity contribution in [2.75, 3.05) is 13.1 Å². The lowest BCUT2D eigenvalue weighted by Crippen LogP contribution is -2.46. The fraction of sp³-hybridized carbons (Fsp3) is 0.529. The van der Waals surface area contributed by atoms with Gasteiger partial charge in [0.1, 0.15) is 11.4 Å². The van der Waals surface area contributed by atoms with Gasteiger partial charge in [0.15, 0.2) is 0 Å². The van der Waals surface area contributed by atoms with Crippen LogP contribution < -0.4 is 0 Å². The standard InChI is InChI=1S/C17H22BrNO3/c1-17(2,3)22-16(21)19-9-8-15(20)13(11-19)10-12-6-4-5-7-14(12)18/h4-7,13H,8-11H2,1-3H3/t13-/m0/s1. The van der Waals surface area contributed by atoms with E-state index in [1.807, 2.05) is 45.0 Å². The molecule has 5 heteroatoms. The molecular formula is C17H22BrNO3. The molecule has 1 saturated heterocycles. The van der Waals surface area contributed by atoms with Crippen LogP contribution in [0.5, 0.6) is 0 Å². The van der Waals surface area contributed by atoms with E-state index in [1.54, 1.807) is 4.90 Å². The minimum absolute atomic E-state index is 0.167. The van der Waals surface area contributed by atoms with E-state index in [4.69, 9.17) is 4.74 Å². The van der Waals surface area contributed by atoms with Gasteiger partial charge in [-0.15, -0.1) is 0 Å². The van der Waals surface area contributed by atoms with Crippen molar-refractivity contribution in [3.8, 4) is 0 Å². The van der Waals surface area contributed by atoms with Crippen molar-refractivity contribution in [3.63, 3.8) is 0 Å². The Morgan fingerprint density at radius 3 is 2.68 bits per heavy atom. The van der Waals surface area contributed by atoms with Gasteiger partial charge >= 0.3 is 6.09 Å². The normalized spacial score (nSPS) is 19.2. The number of benzene rings is 1. The van der Waals surface area contributed by atoms with Gasteiger partial charge in [-0.1, -0.05) is 34.1 Å². The molecule has 1 aliphatic rings. The molecule has 1 fully saturated rings. The molecule has 1 aromatic rings. The molecule has 0 N–H and O–H groups in total. The zero-order valence-corrected chi connectivity index (χ0v) is 14.9. The molecule has 2 rings (SSSR count). The van der Waals surface area contributed by atoms with Crippen LogP contribution in [-0.2, 0) is 16.0 Å². The summed E-state index contributed by atoms with van der Waals surface area (Å²) in [6.07, 6.45) is 0.700. The van der Waals surface area contributed by atoms with E-state index in [-0.39, 0.29) is 17.8 Å². The largest absolute Gasteiger partial charge is 0.444 e. The Morgan fingerprint density at radius 1 is 1.36 bits per heavy atom. The Hall–Kier alpha value is -1.36. The highest BCUT2D eigenvalue weighted by molar-refractivity contribution is 9.10. The van der Waals surface area contributed by atoms with Crippen molar-refractivity contribution in [3.05, 3.63) is 34.3 Å². The molecule has 1 aromatic carbocycles. The number of carbonyl (C=O) groups is 2. The molecule has 0 unspecified atom stereocenters. The number of ether oxygens (including phenoxy) is 1. The molecule has 1 aliphatic heterocycles. The third-order valence-electron chi connectivity index (χ3n) is 3.60. The summed E-state index contributed by atoms with van der Waals surface area (Å²) in [5.41, 5.74) is 0.572. The van der Waals surface area contributed by atoms with Crippen molar-refractivity contribution < 1.29 is 14.3 Å². The van der Waals surface area contributed by atoms with E-state index in [1.165, 1.54) is 0 Å². The molecule has 0 spiro atoms. The molecule has 1 amide bonds. The van der Waals surface area contributed by atoms with E-state index >= 15 is 0 Å². The summed E-state index contributed by atoms with van der Waals surface area (Å²) in [6.45, 7) is 6.41. The van der Waals surface area contributed by atoms with Gasteiger partial charge in [0, 0.05) is 29.9 Å². The van der Waals surface area contributed by atoms with Gasteiger partial charge in [-0.3, -0.25) is 4.79 Å². The first kappa shape index (κ1) is 17.0. The molecule has 22 heavy (non-hydrogen) atoms. The molecule has 0 bridgehead atoms. The number of hydrogen-bond donors (Lipinski definition) is 0. The number of piperidine rings is 1. The van der Waals surface area contributed by atoms with Gasteiger partial charge in [0.2, 0.25) is 0 Å². The Balaban J connectivity index is 2.04. The summed E-state index contributed by atoms with van der Waals surface area (Å²) < 4.78 is 6.40. The molecule has 0 saturated carbocycles. The van der Waals surface area contributed by atoms with Gasteiger partial charge in [0.25, 0.3) is 0 Å². The van der Waals surface area contributed by atoms with Crippen LogP contribution in [0.3, 0.4) is 0 Å². The topological polar surface area (TPSA) is 46.6 Å². The second-order valence-electron chi connectivity index (χ2n) is 6.64. The Bertz CT molecular complexity index is 565. The fourth-order valence-electron chi connectivity index (χ4n) is 2.51. The average molecular weight is 368 g/mol. The SMILES string of the molecule is CC(C)(C)OC(=O)N1CCC(=O)[C@@H](Cc2ccccc2Br)C1. The minimum Gasteiger partial charge on any atom is -0.444 e. The second kappa shape index (κ2) is 6.82. The maximum absolute atomic E-state index is 12.2. The lowest BCUT2D eigenvalue weighted by molar-refractivity contribution is -0.125. The quantitative estimate of drug-likeness (QED) is 0.797. The van der Waals surface area contributed by atoms with E-state index in [0.29, 0.717) is 25.9 Å². The minimum atomic E-state index is -0.517. The van der Waals surface area contributed by atoms with E-state index in [0.717, 1.165) is 10.0 Å². The Morgan fingerprint density at radius 2 is 2.05 bits per heavy atom. The van der Waals surface area contributed by atoms with Gasteiger partial charge in [-0.2, -0.15) is 0 Å². The lowest BCUT2D eigenvalue weighted by Gasteiger charge is -2.33. The number of ketones is 1. The summed E-state index contributed by atoms with van der Waals surface area (Å²) in [5.74, 6) is 0.0514. The van der Waals surface area contributed by atoms with Crippen LogP contribution >= 0.6 is 15.9 Å². The fourth-order valence-corrected chi connectivity index (χ4v) is 2.96. The number of rotatable bonds is 2. The summed E-state index contributed by atoms with van der Waals surface area (Å²) >= 11 is 3.51. The number of carbonyl (C=O) groups excluding carboxylic acids is 2. The van der Waals surface area contributed by atoms with E-state index < -0.39 is 5.60 Å². The van der Waals surface area contributed by atoms with Crippen LogP contribution in [0.25, 0.3) is 0 Å². The predicted octanol–water partition coefficient (Wildman–Crippen LogP) is 3.82. The van der Waals surface area contributed by atoms with Crippen LogP contribution in [0.1, 0.15) is 32.8 Å². The molecule has 4 nitrogen and oxygen atoms in total. The second-order valence-corrected chi connectivity index (χ2v) is 7.49. The molecule has 1 heterocycles. The van der Waals surface area contributed by atoms with Crippen LogP contribution in [0.15, 0.2) is 28.7 Å². The number of halogens is 1. The number of hydrogen-bond acceptors (Lipinski definition) is 3. The lowest BCUT2D eigenvalue weighted by atomic mass is 9.90. The third-order valence-corrected chi connectivity index (χ3v) is 4.37. The Labute approximate surface area is 140 Å². The molecular weight excluding hydrogens is 346 g/mol. The van der Waals surface area contributed by atoms with Crippen molar-refractivity contribution in [1.82, 2.24) is 4.90 Å². The van der Waals surface area contributed by atoms with Crippen molar-refractivity contribution in [2.24, 2.45) is 5.92 Å². The zero-order chi connectivity index (χ0) is 16.3. The van der Waals surface area contributed by atoms with Gasteiger partial charge < -0.3 is 9.64 Å². The first-order chi connectivity index (χ1) is 10.3. The molecule has 0 radical (unpaired) electrons. The zero-order valence-electron chi connectivity index (χ0n) is 13.3. The third kappa shape index (κ3) is 4.57. The monoisotopic (exact) mass is 367 g/mol. The van der Waals surface area contributed by atoms with Crippen LogP contribution in [0, 0.1) is 5.92 Å². The number of Topliss-reactive ketones (excluding diaryl/α,β-unsaturated/α-hetero) is 1. The van der Waals surface area contributed by atoms with Crippen LogP contribution in [0.4, 0.5) is 4.79 Å². The first-order valence-electron chi connectivity index (χ1n) is 7.50. The summed E-state index contributed by atoms with van der Waals surface area (Å²) in [5, 5.41) is 0. The maximum Gasteiger partial charge on any atom is 0.410 e. The predicted molar refractivity (Wildman–Crippen MR) is 88.8 cm³/mol. The number of likely N-dealkylation sites (tertiary alicyclic amines) is 1. The van der Waals surface area contributed by atoms with E-state index in [9.17, 15) is 9.59 Å². The van der Waals surface area contributed by atoms with Crippen molar-refractivity contribution in [1.29, 1.82) is 0 Å². The summed E-state index contributed by atoms with van der Waals surface area (Å²) in [4.78, 5) is 26.0. The van der Waals surface area contributed by atoms with Crippen LogP contribution in [-0.4, -0.2) is 35.5 Å². The van der Waals surface area contributed by atoms with E-state index in [2.05, 4.69) is 15.9 Å². The highest BCUT2D eigenvalue weighted by atomic mass is 79.9. The van der Waals surface area contributed by atoms with Gasteiger partial charge in [-0.25, -0.2) is 4.79 Å². The molecule has 1 atom stereocenters. The summed E-state index contributed by atoms with van der Waals surface area (Å²) in [7, 11) is 0. The van der Waals surface area contributed by atoms with Crippen LogP contribution in [0.2, 0.25) is 0 Å². The highest BCUT2D eigenvalue weighted by Gasteiger charge is 2.32. The first-order valence-corrected chi connectivity index (χ1v) is 8.29. The van der Waals surface area contributed by atoms with Gasteiger partial charge in [0.05, 0.1) is 0 Å². The smallest absolute Gasteiger partial charge is 0.410 e. The van der Waals surface area contributed by atoms with Gasteiger partial charge in [-0.05, 0) is 38.8 Å². The highest BCUT2D eigenvalue weighted by Crippen LogP contribution is 2.24. The Kier molecular flexibility index (Phi) is 5.27. The number of amides is 1. The molecule has 0 aromatic heterocycles. The average Bonchev–Trinajstić information content (AvgIpc) is 2.41. The molecule has 120 valence electrons. The van der Waals surface area contributed by atoms with Crippen molar-refractivity contribution >= 4 is 27.8 Å². The number of nitrogens with zero attached hydrogens (tertiary/aromatic N) is 1. The van der Waals surface area contributed by atoms with Crippen molar-refractivity contribution in [2.45, 2.75) is 39.2 Å². The molecule has 0 aliphatic carbocycles. The summed E-state index contributed by atoms with van der Waals surface area (Å²) in [6, 6.07) is 7.88.